The molecule has 0 aromatic rings. The molecule has 58 valence electrons. The van der Waals surface area contributed by atoms with Crippen LogP contribution in [0.1, 0.15) is 34.6 Å². The van der Waals surface area contributed by atoms with Gasteiger partial charge in [-0.1, -0.05) is 13.8 Å². The summed E-state index contributed by atoms with van der Waals surface area (Å²) >= 11 is 0. The molecule has 0 saturated heterocycles. The van der Waals surface area contributed by atoms with Crippen molar-refractivity contribution < 1.29 is 9.13 Å². The van der Waals surface area contributed by atoms with Gasteiger partial charge in [0.25, 0.3) is 0 Å². The highest BCUT2D eigenvalue weighted by Gasteiger charge is 2.12. The predicted molar refractivity (Wildman–Crippen MR) is 38.2 cm³/mol. The van der Waals surface area contributed by atoms with E-state index in [9.17, 15) is 4.39 Å². The molecule has 0 spiro atoms. The lowest BCUT2D eigenvalue weighted by Gasteiger charge is -2.12. The minimum absolute atomic E-state index is 0.434. The summed E-state index contributed by atoms with van der Waals surface area (Å²) in [7, 11) is 0. The van der Waals surface area contributed by atoms with E-state index in [0.717, 1.165) is 0 Å². The van der Waals surface area contributed by atoms with Crippen molar-refractivity contribution in [2.45, 2.75) is 40.5 Å². The highest BCUT2D eigenvalue weighted by molar-refractivity contribution is 4.45. The van der Waals surface area contributed by atoms with Crippen LogP contribution >= 0.6 is 0 Å². The quantitative estimate of drug-likeness (QED) is 0.567. The topological polar surface area (TPSA) is 9.23 Å². The SMILES string of the molecule is CC.CCOC(C)(C)F. The molecule has 0 amide bonds. The zero-order chi connectivity index (χ0) is 7.91. The van der Waals surface area contributed by atoms with Gasteiger partial charge in [0, 0.05) is 6.61 Å². The molecule has 0 unspecified atom stereocenters. The zero-order valence-corrected chi connectivity index (χ0v) is 6.99. The van der Waals surface area contributed by atoms with Crippen molar-refractivity contribution in [3.63, 3.8) is 0 Å². The van der Waals surface area contributed by atoms with Crippen LogP contribution in [0, 0.1) is 0 Å². The van der Waals surface area contributed by atoms with Crippen molar-refractivity contribution >= 4 is 0 Å². The smallest absolute Gasteiger partial charge is 0.203 e. The molecule has 0 aliphatic rings. The summed E-state index contributed by atoms with van der Waals surface area (Å²) in [4.78, 5) is 0. The molecule has 0 aliphatic heterocycles. The Morgan fingerprint density at radius 2 is 1.67 bits per heavy atom. The lowest BCUT2D eigenvalue weighted by molar-refractivity contribution is -0.111. The third kappa shape index (κ3) is 18.1. The van der Waals surface area contributed by atoms with Crippen LogP contribution in [0.25, 0.3) is 0 Å². The Balaban J connectivity index is 0. The monoisotopic (exact) mass is 136 g/mol. The zero-order valence-electron chi connectivity index (χ0n) is 6.99. The van der Waals surface area contributed by atoms with E-state index in [1.165, 1.54) is 13.8 Å². The van der Waals surface area contributed by atoms with Gasteiger partial charge in [-0.05, 0) is 20.8 Å². The van der Waals surface area contributed by atoms with Gasteiger partial charge in [0.2, 0.25) is 5.85 Å². The third-order valence-corrected chi connectivity index (χ3v) is 0.488. The Morgan fingerprint density at radius 1 is 1.33 bits per heavy atom. The maximum atomic E-state index is 12.2. The van der Waals surface area contributed by atoms with Crippen LogP contribution in [0.2, 0.25) is 0 Å². The Kier molecular flexibility index (Phi) is 7.79. The average molecular weight is 136 g/mol. The molecule has 9 heavy (non-hydrogen) atoms. The van der Waals surface area contributed by atoms with Crippen LogP contribution in [-0.4, -0.2) is 12.5 Å². The van der Waals surface area contributed by atoms with E-state index in [0.29, 0.717) is 6.61 Å². The van der Waals surface area contributed by atoms with Crippen LogP contribution < -0.4 is 0 Å². The number of ether oxygens (including phenoxy) is 1. The largest absolute Gasteiger partial charge is 0.346 e. The molecule has 0 N–H and O–H groups in total. The second-order valence-corrected chi connectivity index (χ2v) is 1.80. The van der Waals surface area contributed by atoms with Gasteiger partial charge in [-0.2, -0.15) is 0 Å². The third-order valence-electron chi connectivity index (χ3n) is 0.488. The Labute approximate surface area is 57.2 Å². The molecule has 1 nitrogen and oxygen atoms in total. The van der Waals surface area contributed by atoms with Crippen molar-refractivity contribution in [2.75, 3.05) is 6.61 Å². The first-order valence-electron chi connectivity index (χ1n) is 3.39. The van der Waals surface area contributed by atoms with Gasteiger partial charge >= 0.3 is 0 Å². The highest BCUT2D eigenvalue weighted by Crippen LogP contribution is 2.08. The molecule has 0 aromatic heterocycles. The van der Waals surface area contributed by atoms with E-state index in [2.05, 4.69) is 4.74 Å². The minimum Gasteiger partial charge on any atom is -0.346 e. The van der Waals surface area contributed by atoms with Crippen LogP contribution in [-0.2, 0) is 4.74 Å². The summed E-state index contributed by atoms with van der Waals surface area (Å²) in [6.07, 6.45) is 0. The Bertz CT molecular complexity index is 47.4. The fraction of sp³-hybridized carbons (Fsp3) is 1.00. The number of rotatable bonds is 2. The van der Waals surface area contributed by atoms with E-state index in [1.807, 2.05) is 13.8 Å². The van der Waals surface area contributed by atoms with Crippen molar-refractivity contribution in [1.82, 2.24) is 0 Å². The van der Waals surface area contributed by atoms with E-state index in [1.54, 1.807) is 6.92 Å². The van der Waals surface area contributed by atoms with E-state index in [4.69, 9.17) is 0 Å². The summed E-state index contributed by atoms with van der Waals surface area (Å²) in [6.45, 7) is 8.97. The van der Waals surface area contributed by atoms with Crippen LogP contribution in [0.15, 0.2) is 0 Å². The normalized spacial score (nSPS) is 10.0. The Hall–Kier alpha value is -0.110. The second kappa shape index (κ2) is 6.02. The van der Waals surface area contributed by atoms with Crippen LogP contribution in [0.3, 0.4) is 0 Å². The summed E-state index contributed by atoms with van der Waals surface area (Å²) in [6, 6.07) is 0. The number of halogens is 1. The van der Waals surface area contributed by atoms with Gasteiger partial charge in [0.05, 0.1) is 0 Å². The first-order valence-corrected chi connectivity index (χ1v) is 3.39. The van der Waals surface area contributed by atoms with Gasteiger partial charge in [-0.25, -0.2) is 4.39 Å². The van der Waals surface area contributed by atoms with Gasteiger partial charge in [-0.15, -0.1) is 0 Å². The molecule has 0 bridgehead atoms. The van der Waals surface area contributed by atoms with Gasteiger partial charge in [-0.3, -0.25) is 0 Å². The standard InChI is InChI=1S/C5H11FO.C2H6/c1-4-7-5(2,3)6;1-2/h4H2,1-3H3;1-2H3. The molecule has 0 aromatic carbocycles. The van der Waals surface area contributed by atoms with Crippen molar-refractivity contribution in [1.29, 1.82) is 0 Å². The highest BCUT2D eigenvalue weighted by atomic mass is 19.2. The lowest BCUT2D eigenvalue weighted by atomic mass is 10.4. The number of hydrogen-bond acceptors (Lipinski definition) is 1. The minimum atomic E-state index is -1.45. The van der Waals surface area contributed by atoms with Crippen LogP contribution in [0.5, 0.6) is 0 Å². The summed E-state index contributed by atoms with van der Waals surface area (Å²) < 4.78 is 16.7. The summed E-state index contributed by atoms with van der Waals surface area (Å²) in [5.41, 5.74) is 0. The summed E-state index contributed by atoms with van der Waals surface area (Å²) in [5, 5.41) is 0. The maximum Gasteiger partial charge on any atom is 0.203 e. The van der Waals surface area contributed by atoms with E-state index >= 15 is 0 Å². The van der Waals surface area contributed by atoms with Crippen molar-refractivity contribution in [2.24, 2.45) is 0 Å². The number of alkyl halides is 1. The van der Waals surface area contributed by atoms with Crippen molar-refractivity contribution in [3.8, 4) is 0 Å². The number of hydrogen-bond donors (Lipinski definition) is 0. The van der Waals surface area contributed by atoms with Gasteiger partial charge in [0.1, 0.15) is 0 Å². The van der Waals surface area contributed by atoms with Crippen molar-refractivity contribution in [3.05, 3.63) is 0 Å². The molecule has 0 fully saturated rings. The fourth-order valence-corrected chi connectivity index (χ4v) is 0.343. The van der Waals surface area contributed by atoms with Gasteiger partial charge < -0.3 is 4.74 Å². The predicted octanol–water partition coefficient (Wildman–Crippen LogP) is 2.75. The van der Waals surface area contributed by atoms with E-state index in [-0.39, 0.29) is 0 Å². The molecule has 0 radical (unpaired) electrons. The second-order valence-electron chi connectivity index (χ2n) is 1.80. The van der Waals surface area contributed by atoms with E-state index < -0.39 is 5.85 Å². The average Bonchev–Trinajstić information content (AvgIpc) is 1.69. The summed E-state index contributed by atoms with van der Waals surface area (Å²) in [5.74, 6) is -1.45. The first-order chi connectivity index (χ1) is 4.06. The molecule has 0 heterocycles. The van der Waals surface area contributed by atoms with Crippen LogP contribution in [0.4, 0.5) is 4.39 Å². The molecular weight excluding hydrogens is 119 g/mol. The molecule has 0 aliphatic carbocycles. The maximum absolute atomic E-state index is 12.2. The first kappa shape index (κ1) is 11.7. The van der Waals surface area contributed by atoms with Gasteiger partial charge in [0.15, 0.2) is 0 Å². The molecule has 0 atom stereocenters. The molecule has 0 saturated carbocycles. The molecular formula is C7H17FO. The molecule has 0 rings (SSSR count). The lowest BCUT2D eigenvalue weighted by Crippen LogP contribution is -2.16. The fourth-order valence-electron chi connectivity index (χ4n) is 0.343. The Morgan fingerprint density at radius 3 is 1.67 bits per heavy atom. The molecule has 2 heteroatoms.